The fraction of sp³-hybridized carbons (Fsp3) is 0.455. The van der Waals surface area contributed by atoms with Gasteiger partial charge in [0.05, 0.1) is 6.61 Å². The van der Waals surface area contributed by atoms with E-state index in [9.17, 15) is 0 Å². The predicted molar refractivity (Wildman–Crippen MR) is 56.0 cm³/mol. The van der Waals surface area contributed by atoms with Gasteiger partial charge in [-0.1, -0.05) is 6.07 Å². The average molecular weight is 193 g/mol. The Bertz CT molecular complexity index is 308. The zero-order chi connectivity index (χ0) is 9.97. The van der Waals surface area contributed by atoms with Gasteiger partial charge in [0.25, 0.3) is 0 Å². The second kappa shape index (κ2) is 3.88. The van der Waals surface area contributed by atoms with Gasteiger partial charge in [-0.25, -0.2) is 0 Å². The Labute approximate surface area is 84.2 Å². The molecule has 0 aromatic heterocycles. The third-order valence-electron chi connectivity index (χ3n) is 2.17. The van der Waals surface area contributed by atoms with Crippen LogP contribution in [0.5, 0.6) is 5.75 Å². The van der Waals surface area contributed by atoms with Crippen LogP contribution in [0.3, 0.4) is 0 Å². The van der Waals surface area contributed by atoms with Gasteiger partial charge in [-0.2, -0.15) is 0 Å². The molecule has 0 unspecified atom stereocenters. The molecular formula is C11H15NO2. The lowest BCUT2D eigenvalue weighted by Crippen LogP contribution is -2.09. The molecule has 3 nitrogen and oxygen atoms in total. The third kappa shape index (κ3) is 2.39. The van der Waals surface area contributed by atoms with Crippen molar-refractivity contribution >= 4 is 5.69 Å². The maximum atomic E-state index is 5.57. The zero-order valence-corrected chi connectivity index (χ0v) is 8.56. The first-order valence-electron chi connectivity index (χ1n) is 4.77. The van der Waals surface area contributed by atoms with Crippen LogP contribution in [0.25, 0.3) is 0 Å². The van der Waals surface area contributed by atoms with E-state index < -0.39 is 0 Å². The van der Waals surface area contributed by atoms with Crippen LogP contribution in [-0.2, 0) is 4.74 Å². The molecular weight excluding hydrogens is 178 g/mol. The van der Waals surface area contributed by atoms with Crippen molar-refractivity contribution in [2.24, 2.45) is 0 Å². The van der Waals surface area contributed by atoms with Crippen molar-refractivity contribution in [2.75, 3.05) is 32.2 Å². The van der Waals surface area contributed by atoms with Gasteiger partial charge in [0.2, 0.25) is 0 Å². The molecule has 1 saturated heterocycles. The van der Waals surface area contributed by atoms with Gasteiger partial charge in [0, 0.05) is 25.8 Å². The third-order valence-corrected chi connectivity index (χ3v) is 2.17. The number of hydrogen-bond donors (Lipinski definition) is 0. The summed E-state index contributed by atoms with van der Waals surface area (Å²) >= 11 is 0. The Morgan fingerprint density at radius 1 is 1.50 bits per heavy atom. The van der Waals surface area contributed by atoms with Gasteiger partial charge in [-0.15, -0.1) is 0 Å². The van der Waals surface area contributed by atoms with Gasteiger partial charge in [0.15, 0.2) is 0 Å². The van der Waals surface area contributed by atoms with Crippen molar-refractivity contribution in [2.45, 2.75) is 6.10 Å². The summed E-state index contributed by atoms with van der Waals surface area (Å²) in [5.41, 5.74) is 1.15. The van der Waals surface area contributed by atoms with E-state index in [0.717, 1.165) is 18.0 Å². The van der Waals surface area contributed by atoms with E-state index in [2.05, 4.69) is 11.0 Å². The molecule has 76 valence electrons. The summed E-state index contributed by atoms with van der Waals surface area (Å²) in [6.45, 7) is 1.50. The molecule has 1 aromatic carbocycles. The quantitative estimate of drug-likeness (QED) is 0.678. The number of hydrogen-bond acceptors (Lipinski definition) is 3. The Morgan fingerprint density at radius 3 is 2.93 bits per heavy atom. The van der Waals surface area contributed by atoms with Crippen molar-refractivity contribution in [3.8, 4) is 5.75 Å². The summed E-state index contributed by atoms with van der Waals surface area (Å²) in [6, 6.07) is 8.05. The summed E-state index contributed by atoms with van der Waals surface area (Å²) in [5.74, 6) is 0.909. The highest BCUT2D eigenvalue weighted by atomic mass is 16.6. The summed E-state index contributed by atoms with van der Waals surface area (Å²) in [6.07, 6.45) is 0.318. The lowest BCUT2D eigenvalue weighted by molar-refractivity contribution is 0.263. The van der Waals surface area contributed by atoms with Crippen LogP contribution in [0.2, 0.25) is 0 Å². The summed E-state index contributed by atoms with van der Waals surface area (Å²) in [7, 11) is 4.03. The molecule has 0 radical (unpaired) electrons. The number of ether oxygens (including phenoxy) is 2. The van der Waals surface area contributed by atoms with Crippen LogP contribution in [0.4, 0.5) is 5.69 Å². The van der Waals surface area contributed by atoms with Gasteiger partial charge >= 0.3 is 0 Å². The molecule has 2 rings (SSSR count). The fourth-order valence-electron chi connectivity index (χ4n) is 1.20. The van der Waals surface area contributed by atoms with E-state index in [4.69, 9.17) is 9.47 Å². The minimum Gasteiger partial charge on any atom is -0.491 e. The predicted octanol–water partition coefficient (Wildman–Crippen LogP) is 1.53. The van der Waals surface area contributed by atoms with Crippen molar-refractivity contribution < 1.29 is 9.47 Å². The number of nitrogens with zero attached hydrogens (tertiary/aromatic N) is 1. The SMILES string of the molecule is CN(C)c1cccc(OC[C@@H]2CO2)c1. The van der Waals surface area contributed by atoms with Crippen LogP contribution >= 0.6 is 0 Å². The van der Waals surface area contributed by atoms with Crippen molar-refractivity contribution in [1.29, 1.82) is 0 Å². The Balaban J connectivity index is 1.97. The highest BCUT2D eigenvalue weighted by Gasteiger charge is 2.22. The first-order chi connectivity index (χ1) is 6.75. The molecule has 0 saturated carbocycles. The Hall–Kier alpha value is -1.22. The molecule has 0 spiro atoms. The summed E-state index contributed by atoms with van der Waals surface area (Å²) in [5, 5.41) is 0. The molecule has 1 aromatic rings. The van der Waals surface area contributed by atoms with Crippen molar-refractivity contribution in [3.05, 3.63) is 24.3 Å². The lowest BCUT2D eigenvalue weighted by atomic mass is 10.3. The monoisotopic (exact) mass is 193 g/mol. The molecule has 1 aliphatic heterocycles. The van der Waals surface area contributed by atoms with E-state index in [1.54, 1.807) is 0 Å². The Kier molecular flexibility index (Phi) is 2.59. The molecule has 3 heteroatoms. The van der Waals surface area contributed by atoms with E-state index in [0.29, 0.717) is 12.7 Å². The molecule has 1 atom stereocenters. The van der Waals surface area contributed by atoms with Crippen LogP contribution in [0, 0.1) is 0 Å². The molecule has 1 aliphatic rings. The van der Waals surface area contributed by atoms with Crippen LogP contribution in [0.1, 0.15) is 0 Å². The van der Waals surface area contributed by atoms with Crippen LogP contribution in [0.15, 0.2) is 24.3 Å². The zero-order valence-electron chi connectivity index (χ0n) is 8.56. The topological polar surface area (TPSA) is 25.0 Å². The van der Waals surface area contributed by atoms with Crippen molar-refractivity contribution in [1.82, 2.24) is 0 Å². The highest BCUT2D eigenvalue weighted by molar-refractivity contribution is 5.49. The summed E-state index contributed by atoms with van der Waals surface area (Å²) < 4.78 is 10.6. The standard InChI is InChI=1S/C11H15NO2/c1-12(2)9-4-3-5-10(6-9)13-7-11-8-14-11/h3-6,11H,7-8H2,1-2H3/t11-/m1/s1. The van der Waals surface area contributed by atoms with Gasteiger partial charge < -0.3 is 14.4 Å². The minimum atomic E-state index is 0.318. The first-order valence-corrected chi connectivity index (χ1v) is 4.77. The molecule has 0 amide bonds. The normalized spacial score (nSPS) is 19.1. The molecule has 0 N–H and O–H groups in total. The second-order valence-corrected chi connectivity index (χ2v) is 3.66. The summed E-state index contributed by atoms with van der Waals surface area (Å²) in [4.78, 5) is 2.06. The van der Waals surface area contributed by atoms with Gasteiger partial charge in [0.1, 0.15) is 18.5 Å². The van der Waals surface area contributed by atoms with Crippen molar-refractivity contribution in [3.63, 3.8) is 0 Å². The minimum absolute atomic E-state index is 0.318. The van der Waals surface area contributed by atoms with Gasteiger partial charge in [-0.05, 0) is 12.1 Å². The molecule has 0 aliphatic carbocycles. The smallest absolute Gasteiger partial charge is 0.121 e. The molecule has 0 bridgehead atoms. The fourth-order valence-corrected chi connectivity index (χ4v) is 1.20. The molecule has 1 heterocycles. The largest absolute Gasteiger partial charge is 0.491 e. The van der Waals surface area contributed by atoms with Crippen LogP contribution in [-0.4, -0.2) is 33.4 Å². The van der Waals surface area contributed by atoms with Crippen LogP contribution < -0.4 is 9.64 Å². The van der Waals surface area contributed by atoms with E-state index in [1.807, 2.05) is 32.3 Å². The average Bonchev–Trinajstić information content (AvgIpc) is 2.99. The Morgan fingerprint density at radius 2 is 2.29 bits per heavy atom. The number of benzene rings is 1. The molecule has 1 fully saturated rings. The van der Waals surface area contributed by atoms with Gasteiger partial charge in [-0.3, -0.25) is 0 Å². The maximum absolute atomic E-state index is 5.57. The number of rotatable bonds is 4. The van der Waals surface area contributed by atoms with E-state index >= 15 is 0 Å². The van der Waals surface area contributed by atoms with E-state index in [1.165, 1.54) is 0 Å². The molecule has 14 heavy (non-hydrogen) atoms. The lowest BCUT2D eigenvalue weighted by Gasteiger charge is -2.13. The van der Waals surface area contributed by atoms with E-state index in [-0.39, 0.29) is 0 Å². The second-order valence-electron chi connectivity index (χ2n) is 3.66. The highest BCUT2D eigenvalue weighted by Crippen LogP contribution is 2.20. The number of anilines is 1. The maximum Gasteiger partial charge on any atom is 0.121 e. The number of epoxide rings is 1. The first kappa shape index (κ1) is 9.34.